The summed E-state index contributed by atoms with van der Waals surface area (Å²) in [6, 6.07) is 12.3. The molecule has 0 bridgehead atoms. The van der Waals surface area contributed by atoms with Crippen LogP contribution in [0.4, 0.5) is 0 Å². The Morgan fingerprint density at radius 3 is 2.74 bits per heavy atom. The van der Waals surface area contributed by atoms with Gasteiger partial charge in [0.05, 0.1) is 5.39 Å². The highest BCUT2D eigenvalue weighted by molar-refractivity contribution is 7.99. The number of benzene rings is 1. The number of thiophene rings is 1. The minimum absolute atomic E-state index is 0.0738. The van der Waals surface area contributed by atoms with Crippen LogP contribution in [0, 0.1) is 0 Å². The summed E-state index contributed by atoms with van der Waals surface area (Å²) < 4.78 is 1.85. The SMILES string of the molecule is CCc1cc2c(=O)n(CCc3ccccc3)c(SCCCCCO)nc2s1. The van der Waals surface area contributed by atoms with Crippen LogP contribution in [0.15, 0.2) is 46.3 Å². The second-order valence-electron chi connectivity index (χ2n) is 6.50. The lowest BCUT2D eigenvalue weighted by molar-refractivity contribution is 0.284. The molecule has 0 atom stereocenters. The van der Waals surface area contributed by atoms with Crippen molar-refractivity contribution in [2.45, 2.75) is 50.7 Å². The van der Waals surface area contributed by atoms with Crippen LogP contribution in [0.1, 0.15) is 36.6 Å². The van der Waals surface area contributed by atoms with Gasteiger partial charge in [-0.3, -0.25) is 9.36 Å². The smallest absolute Gasteiger partial charge is 0.262 e. The van der Waals surface area contributed by atoms with Crippen LogP contribution in [-0.4, -0.2) is 27.0 Å². The van der Waals surface area contributed by atoms with Crippen molar-refractivity contribution in [1.82, 2.24) is 9.55 Å². The fourth-order valence-electron chi connectivity index (χ4n) is 2.97. The van der Waals surface area contributed by atoms with Gasteiger partial charge >= 0.3 is 0 Å². The van der Waals surface area contributed by atoms with Crippen molar-refractivity contribution >= 4 is 33.3 Å². The molecule has 0 saturated carbocycles. The Hall–Kier alpha value is -1.63. The Morgan fingerprint density at radius 1 is 1.19 bits per heavy atom. The first-order valence-electron chi connectivity index (χ1n) is 9.53. The summed E-state index contributed by atoms with van der Waals surface area (Å²) in [6.07, 6.45) is 4.59. The molecule has 27 heavy (non-hydrogen) atoms. The van der Waals surface area contributed by atoms with Crippen molar-refractivity contribution in [2.24, 2.45) is 0 Å². The van der Waals surface area contributed by atoms with Gasteiger partial charge in [0.25, 0.3) is 5.56 Å². The summed E-state index contributed by atoms with van der Waals surface area (Å²) in [7, 11) is 0. The van der Waals surface area contributed by atoms with Gasteiger partial charge in [0.15, 0.2) is 5.16 Å². The van der Waals surface area contributed by atoms with Gasteiger partial charge in [-0.2, -0.15) is 0 Å². The van der Waals surface area contributed by atoms with Gasteiger partial charge in [-0.1, -0.05) is 55.4 Å². The topological polar surface area (TPSA) is 55.1 Å². The molecule has 0 aliphatic carbocycles. The van der Waals surface area contributed by atoms with E-state index >= 15 is 0 Å². The number of aromatic nitrogens is 2. The van der Waals surface area contributed by atoms with Gasteiger partial charge < -0.3 is 5.11 Å². The molecule has 1 aromatic carbocycles. The summed E-state index contributed by atoms with van der Waals surface area (Å²) in [6.45, 7) is 2.99. The highest BCUT2D eigenvalue weighted by atomic mass is 32.2. The van der Waals surface area contributed by atoms with E-state index in [1.54, 1.807) is 23.1 Å². The summed E-state index contributed by atoms with van der Waals surface area (Å²) in [5, 5.41) is 10.5. The van der Waals surface area contributed by atoms with Crippen LogP contribution in [0.25, 0.3) is 10.2 Å². The Bertz CT molecular complexity index is 919. The quantitative estimate of drug-likeness (QED) is 0.308. The number of hydrogen-bond acceptors (Lipinski definition) is 5. The number of aliphatic hydroxyl groups is 1. The number of unbranched alkanes of at least 4 members (excludes halogenated alkanes) is 2. The molecule has 0 amide bonds. The zero-order valence-electron chi connectivity index (χ0n) is 15.7. The number of aryl methyl sites for hydroxylation is 2. The number of rotatable bonds is 10. The molecule has 3 rings (SSSR count). The molecule has 4 nitrogen and oxygen atoms in total. The van der Waals surface area contributed by atoms with E-state index in [0.29, 0.717) is 6.54 Å². The lowest BCUT2D eigenvalue weighted by Crippen LogP contribution is -2.24. The number of fused-ring (bicyclic) bond motifs is 1. The van der Waals surface area contributed by atoms with E-state index in [1.807, 2.05) is 28.8 Å². The first kappa shape index (κ1) is 20.1. The molecule has 0 spiro atoms. The lowest BCUT2D eigenvalue weighted by Gasteiger charge is -2.12. The van der Waals surface area contributed by atoms with Crippen molar-refractivity contribution in [3.05, 3.63) is 57.2 Å². The molecule has 0 unspecified atom stereocenters. The zero-order chi connectivity index (χ0) is 19.1. The van der Waals surface area contributed by atoms with Gasteiger partial charge in [-0.05, 0) is 37.3 Å². The van der Waals surface area contributed by atoms with Gasteiger partial charge in [0.1, 0.15) is 4.83 Å². The predicted octanol–water partition coefficient (Wildman–Crippen LogP) is 4.52. The van der Waals surface area contributed by atoms with E-state index in [9.17, 15) is 4.79 Å². The second kappa shape index (κ2) is 10.1. The fourth-order valence-corrected chi connectivity index (χ4v) is 5.00. The van der Waals surface area contributed by atoms with E-state index in [1.165, 1.54) is 10.4 Å². The molecular formula is C21H26N2O2S2. The molecule has 3 aromatic rings. The van der Waals surface area contributed by atoms with Crippen molar-refractivity contribution in [2.75, 3.05) is 12.4 Å². The number of aliphatic hydroxyl groups excluding tert-OH is 1. The lowest BCUT2D eigenvalue weighted by atomic mass is 10.1. The van der Waals surface area contributed by atoms with E-state index in [-0.39, 0.29) is 12.2 Å². The van der Waals surface area contributed by atoms with Crippen molar-refractivity contribution in [1.29, 1.82) is 0 Å². The maximum atomic E-state index is 13.1. The first-order chi connectivity index (χ1) is 13.2. The number of thioether (sulfide) groups is 1. The van der Waals surface area contributed by atoms with E-state index in [2.05, 4.69) is 19.1 Å². The average molecular weight is 403 g/mol. The van der Waals surface area contributed by atoms with E-state index in [4.69, 9.17) is 10.1 Å². The summed E-state index contributed by atoms with van der Waals surface area (Å²) in [5.41, 5.74) is 1.30. The van der Waals surface area contributed by atoms with E-state index in [0.717, 1.165) is 53.2 Å². The standard InChI is InChI=1S/C21H26N2O2S2/c1-2-17-15-18-19(27-17)22-21(26-14-8-4-7-13-24)23(20(18)25)12-11-16-9-5-3-6-10-16/h3,5-6,9-10,15,24H,2,4,7-8,11-14H2,1H3. The molecule has 6 heteroatoms. The number of hydrogen-bond donors (Lipinski definition) is 1. The summed E-state index contributed by atoms with van der Waals surface area (Å²) in [4.78, 5) is 20.0. The minimum atomic E-state index is 0.0738. The van der Waals surface area contributed by atoms with Crippen LogP contribution in [0.5, 0.6) is 0 Å². The third-order valence-corrected chi connectivity index (χ3v) is 6.75. The van der Waals surface area contributed by atoms with Crippen LogP contribution < -0.4 is 5.56 Å². The maximum Gasteiger partial charge on any atom is 0.262 e. The summed E-state index contributed by atoms with van der Waals surface area (Å²) >= 11 is 3.28. The van der Waals surface area contributed by atoms with Crippen LogP contribution in [0.3, 0.4) is 0 Å². The Balaban J connectivity index is 1.85. The molecule has 2 aromatic heterocycles. The molecule has 1 N–H and O–H groups in total. The highest BCUT2D eigenvalue weighted by Crippen LogP contribution is 2.26. The van der Waals surface area contributed by atoms with Crippen LogP contribution >= 0.6 is 23.1 Å². The van der Waals surface area contributed by atoms with Gasteiger partial charge in [0.2, 0.25) is 0 Å². The van der Waals surface area contributed by atoms with Crippen LogP contribution in [-0.2, 0) is 19.4 Å². The Kier molecular flexibility index (Phi) is 7.50. The van der Waals surface area contributed by atoms with Gasteiger partial charge in [-0.25, -0.2) is 4.98 Å². The molecule has 0 radical (unpaired) electrons. The third-order valence-electron chi connectivity index (χ3n) is 4.52. The molecule has 0 aliphatic heterocycles. The van der Waals surface area contributed by atoms with Crippen molar-refractivity contribution in [3.63, 3.8) is 0 Å². The minimum Gasteiger partial charge on any atom is -0.396 e. The zero-order valence-corrected chi connectivity index (χ0v) is 17.3. The molecule has 144 valence electrons. The third kappa shape index (κ3) is 5.21. The second-order valence-corrected chi connectivity index (χ2v) is 8.68. The molecule has 0 aliphatic rings. The average Bonchev–Trinajstić information content (AvgIpc) is 3.12. The number of nitrogens with zero attached hydrogens (tertiary/aromatic N) is 2. The Labute approximate surface area is 168 Å². The van der Waals surface area contributed by atoms with Gasteiger partial charge in [-0.15, -0.1) is 11.3 Å². The van der Waals surface area contributed by atoms with Gasteiger partial charge in [0, 0.05) is 23.8 Å². The maximum absolute atomic E-state index is 13.1. The molecular weight excluding hydrogens is 376 g/mol. The van der Waals surface area contributed by atoms with Crippen molar-refractivity contribution in [3.8, 4) is 0 Å². The van der Waals surface area contributed by atoms with Crippen molar-refractivity contribution < 1.29 is 5.11 Å². The first-order valence-corrected chi connectivity index (χ1v) is 11.3. The van der Waals surface area contributed by atoms with E-state index < -0.39 is 0 Å². The Morgan fingerprint density at radius 2 is 2.00 bits per heavy atom. The highest BCUT2D eigenvalue weighted by Gasteiger charge is 2.14. The molecule has 2 heterocycles. The molecule has 0 saturated heterocycles. The largest absolute Gasteiger partial charge is 0.396 e. The van der Waals surface area contributed by atoms with Crippen LogP contribution in [0.2, 0.25) is 0 Å². The predicted molar refractivity (Wildman–Crippen MR) is 115 cm³/mol. The fraction of sp³-hybridized carbons (Fsp3) is 0.429. The normalized spacial score (nSPS) is 11.3. The molecule has 0 fully saturated rings. The monoisotopic (exact) mass is 402 g/mol. The summed E-state index contributed by atoms with van der Waals surface area (Å²) in [5.74, 6) is 0.912.